The molecule has 0 unspecified atom stereocenters. The van der Waals surface area contributed by atoms with E-state index in [2.05, 4.69) is 5.32 Å². The maximum Gasteiger partial charge on any atom is 0.339 e. The first-order chi connectivity index (χ1) is 14.6. The van der Waals surface area contributed by atoms with Crippen LogP contribution in [0, 0.1) is 6.92 Å². The van der Waals surface area contributed by atoms with Crippen LogP contribution < -0.4 is 5.32 Å². The zero-order valence-corrected chi connectivity index (χ0v) is 17.1. The molecule has 1 heterocycles. The van der Waals surface area contributed by atoms with Gasteiger partial charge in [-0.15, -0.1) is 0 Å². The summed E-state index contributed by atoms with van der Waals surface area (Å²) in [6.45, 7) is 3.51. The molecule has 4 nitrogen and oxygen atoms in total. The summed E-state index contributed by atoms with van der Waals surface area (Å²) in [7, 11) is 0. The molecule has 1 N–H and O–H groups in total. The first-order valence-corrected chi connectivity index (χ1v) is 10.3. The van der Waals surface area contributed by atoms with Crippen LogP contribution in [0.25, 0.3) is 0 Å². The second kappa shape index (κ2) is 8.64. The molecule has 3 aromatic rings. The van der Waals surface area contributed by atoms with Crippen molar-refractivity contribution in [2.45, 2.75) is 25.4 Å². The number of hydrogen-bond donors (Lipinski definition) is 1. The van der Waals surface area contributed by atoms with Gasteiger partial charge >= 0.3 is 5.97 Å². The van der Waals surface area contributed by atoms with Gasteiger partial charge in [-0.1, -0.05) is 78.4 Å². The van der Waals surface area contributed by atoms with Crippen molar-refractivity contribution in [2.75, 3.05) is 13.1 Å². The molecule has 4 rings (SSSR count). The van der Waals surface area contributed by atoms with E-state index in [1.165, 1.54) is 0 Å². The summed E-state index contributed by atoms with van der Waals surface area (Å²) in [5.41, 5.74) is 2.60. The number of ether oxygens (including phenoxy) is 1. The lowest BCUT2D eigenvalue weighted by molar-refractivity contribution is -0.0379. The number of carbonyl (C=O) groups excluding carboxylic acids is 2. The number of nitrogens with one attached hydrogen (secondary N) is 1. The molecule has 30 heavy (non-hydrogen) atoms. The van der Waals surface area contributed by atoms with Crippen molar-refractivity contribution in [3.05, 3.63) is 107 Å². The Kier molecular flexibility index (Phi) is 5.77. The molecule has 1 aliphatic rings. The number of carbonyl (C=O) groups is 2. The Bertz CT molecular complexity index is 1040. The molecule has 0 aromatic heterocycles. The van der Waals surface area contributed by atoms with E-state index in [1.807, 2.05) is 49.4 Å². The summed E-state index contributed by atoms with van der Waals surface area (Å²) in [5.74, 6) is -0.640. The monoisotopic (exact) mass is 399 g/mol. The highest BCUT2D eigenvalue weighted by atomic mass is 16.6. The number of piperidine rings is 1. The quantitative estimate of drug-likeness (QED) is 0.501. The van der Waals surface area contributed by atoms with E-state index in [0.717, 1.165) is 24.2 Å². The second-order valence-corrected chi connectivity index (χ2v) is 7.74. The average Bonchev–Trinajstić information content (AvgIpc) is 2.80. The van der Waals surface area contributed by atoms with Crippen LogP contribution in [0.3, 0.4) is 0 Å². The molecular formula is C26H25NO3. The van der Waals surface area contributed by atoms with Gasteiger partial charge in [-0.3, -0.25) is 4.79 Å². The molecule has 1 saturated heterocycles. The number of rotatable bonds is 5. The highest BCUT2D eigenvalue weighted by Gasteiger charge is 2.38. The van der Waals surface area contributed by atoms with Crippen LogP contribution in [0.4, 0.5) is 0 Å². The molecule has 0 amide bonds. The number of aryl methyl sites for hydroxylation is 1. The molecule has 152 valence electrons. The number of esters is 1. The van der Waals surface area contributed by atoms with Crippen molar-refractivity contribution in [3.63, 3.8) is 0 Å². The Labute approximate surface area is 176 Å². The number of hydrogen-bond acceptors (Lipinski definition) is 4. The smallest absolute Gasteiger partial charge is 0.339 e. The molecule has 1 aliphatic heterocycles. The number of ketones is 1. The minimum atomic E-state index is -0.691. The highest BCUT2D eigenvalue weighted by Crippen LogP contribution is 2.36. The van der Waals surface area contributed by atoms with Gasteiger partial charge in [0.25, 0.3) is 0 Å². The van der Waals surface area contributed by atoms with Crippen LogP contribution in [0.5, 0.6) is 0 Å². The summed E-state index contributed by atoms with van der Waals surface area (Å²) in [4.78, 5) is 26.4. The van der Waals surface area contributed by atoms with Gasteiger partial charge in [-0.2, -0.15) is 0 Å². The van der Waals surface area contributed by atoms with Crippen molar-refractivity contribution >= 4 is 11.8 Å². The van der Waals surface area contributed by atoms with Gasteiger partial charge in [0.1, 0.15) is 5.60 Å². The molecule has 0 aliphatic carbocycles. The minimum absolute atomic E-state index is 0.179. The predicted octanol–water partition coefficient (Wildman–Crippen LogP) is 4.66. The lowest BCUT2D eigenvalue weighted by Gasteiger charge is -2.37. The lowest BCUT2D eigenvalue weighted by Crippen LogP contribution is -2.43. The predicted molar refractivity (Wildman–Crippen MR) is 117 cm³/mol. The van der Waals surface area contributed by atoms with E-state index in [-0.39, 0.29) is 5.78 Å². The second-order valence-electron chi connectivity index (χ2n) is 7.74. The normalized spacial score (nSPS) is 15.4. The van der Waals surface area contributed by atoms with Gasteiger partial charge in [-0.05, 0) is 31.6 Å². The van der Waals surface area contributed by atoms with Gasteiger partial charge < -0.3 is 10.1 Å². The maximum absolute atomic E-state index is 13.3. The first kappa shape index (κ1) is 20.0. The molecular weight excluding hydrogens is 374 g/mol. The molecule has 0 atom stereocenters. The van der Waals surface area contributed by atoms with Crippen molar-refractivity contribution in [1.82, 2.24) is 5.32 Å². The van der Waals surface area contributed by atoms with Crippen molar-refractivity contribution in [3.8, 4) is 0 Å². The summed E-state index contributed by atoms with van der Waals surface area (Å²) in [6, 6.07) is 24.1. The Balaban J connectivity index is 1.66. The van der Waals surface area contributed by atoms with Crippen LogP contribution in [0.2, 0.25) is 0 Å². The lowest BCUT2D eigenvalue weighted by atomic mass is 9.84. The number of benzene rings is 3. The molecule has 0 saturated carbocycles. The highest BCUT2D eigenvalue weighted by molar-refractivity contribution is 6.14. The maximum atomic E-state index is 13.3. The third kappa shape index (κ3) is 4.05. The average molecular weight is 399 g/mol. The Morgan fingerprint density at radius 3 is 2.07 bits per heavy atom. The van der Waals surface area contributed by atoms with Gasteiger partial charge in [0, 0.05) is 24.0 Å². The molecule has 3 aromatic carbocycles. The first-order valence-electron chi connectivity index (χ1n) is 10.3. The van der Waals surface area contributed by atoms with E-state index >= 15 is 0 Å². The van der Waals surface area contributed by atoms with E-state index in [1.54, 1.807) is 36.4 Å². The van der Waals surface area contributed by atoms with Crippen LogP contribution in [0.15, 0.2) is 78.9 Å². The van der Waals surface area contributed by atoms with Gasteiger partial charge in [0.05, 0.1) is 5.56 Å². The van der Waals surface area contributed by atoms with Crippen LogP contribution in [-0.2, 0) is 10.3 Å². The van der Waals surface area contributed by atoms with Crippen LogP contribution in [0.1, 0.15) is 50.2 Å². The van der Waals surface area contributed by atoms with Crippen LogP contribution in [-0.4, -0.2) is 24.8 Å². The zero-order valence-electron chi connectivity index (χ0n) is 17.1. The van der Waals surface area contributed by atoms with Gasteiger partial charge in [0.2, 0.25) is 0 Å². The largest absolute Gasteiger partial charge is 0.450 e. The standard InChI is InChI=1S/C26H25NO3/c1-19-11-13-20(14-12-19)24(28)22-9-5-6-10-23(22)25(29)30-26(15-17-27-18-16-26)21-7-3-2-4-8-21/h2-14,27H,15-18H2,1H3. The van der Waals surface area contributed by atoms with E-state index in [0.29, 0.717) is 29.5 Å². The fraction of sp³-hybridized carbons (Fsp3) is 0.231. The topological polar surface area (TPSA) is 55.4 Å². The molecule has 0 radical (unpaired) electrons. The Morgan fingerprint density at radius 2 is 1.40 bits per heavy atom. The summed E-state index contributed by atoms with van der Waals surface area (Å²) >= 11 is 0. The van der Waals surface area contributed by atoms with E-state index < -0.39 is 11.6 Å². The molecule has 4 heteroatoms. The van der Waals surface area contributed by atoms with E-state index in [4.69, 9.17) is 4.74 Å². The molecule has 0 bridgehead atoms. The fourth-order valence-corrected chi connectivity index (χ4v) is 3.97. The molecule has 1 fully saturated rings. The summed E-state index contributed by atoms with van der Waals surface area (Å²) in [6.07, 6.45) is 1.38. The van der Waals surface area contributed by atoms with Crippen molar-refractivity contribution in [1.29, 1.82) is 0 Å². The van der Waals surface area contributed by atoms with Crippen LogP contribution >= 0.6 is 0 Å². The Hall–Kier alpha value is -3.24. The molecule has 0 spiro atoms. The Morgan fingerprint density at radius 1 is 0.800 bits per heavy atom. The van der Waals surface area contributed by atoms with Crippen molar-refractivity contribution < 1.29 is 14.3 Å². The minimum Gasteiger partial charge on any atom is -0.450 e. The summed E-state index contributed by atoms with van der Waals surface area (Å²) < 4.78 is 6.17. The van der Waals surface area contributed by atoms with E-state index in [9.17, 15) is 9.59 Å². The third-order valence-corrected chi connectivity index (χ3v) is 5.70. The fourth-order valence-electron chi connectivity index (χ4n) is 3.97. The summed E-state index contributed by atoms with van der Waals surface area (Å²) in [5, 5.41) is 3.33. The van der Waals surface area contributed by atoms with Crippen molar-refractivity contribution in [2.24, 2.45) is 0 Å². The zero-order chi connectivity index (χ0) is 21.0. The van der Waals surface area contributed by atoms with Gasteiger partial charge in [-0.25, -0.2) is 4.79 Å². The third-order valence-electron chi connectivity index (χ3n) is 5.70. The van der Waals surface area contributed by atoms with Gasteiger partial charge in [0.15, 0.2) is 5.78 Å². The SMILES string of the molecule is Cc1ccc(C(=O)c2ccccc2C(=O)OC2(c3ccccc3)CCNCC2)cc1.